The highest BCUT2D eigenvalue weighted by atomic mass is 32.2. The maximum absolute atomic E-state index is 12.6. The fourth-order valence-electron chi connectivity index (χ4n) is 2.48. The van der Waals surface area contributed by atoms with E-state index in [2.05, 4.69) is 15.0 Å². The van der Waals surface area contributed by atoms with Gasteiger partial charge in [0.2, 0.25) is 15.9 Å². The Morgan fingerprint density at radius 2 is 1.80 bits per heavy atom. The van der Waals surface area contributed by atoms with Gasteiger partial charge < -0.3 is 20.3 Å². The molecule has 0 aliphatic rings. The zero-order valence-electron chi connectivity index (χ0n) is 15.6. The smallest absolute Gasteiger partial charge is 0.322 e. The lowest BCUT2D eigenvalue weighted by Gasteiger charge is -2.11. The van der Waals surface area contributed by atoms with E-state index in [4.69, 9.17) is 9.84 Å². The first-order chi connectivity index (χ1) is 14.3. The fourth-order valence-corrected chi connectivity index (χ4v) is 3.61. The lowest BCUT2D eigenvalue weighted by molar-refractivity contribution is -0.134. The number of rotatable bonds is 9. The van der Waals surface area contributed by atoms with Crippen LogP contribution in [0.15, 0.2) is 71.6 Å². The largest absolute Gasteiger partial charge is 0.507 e. The number of phenolic OH excluding ortho intramolecular Hbond substituents is 1. The molecule has 0 aliphatic heterocycles. The van der Waals surface area contributed by atoms with Gasteiger partial charge in [0.1, 0.15) is 28.8 Å². The Balaban J connectivity index is 1.76. The second-order valence-electron chi connectivity index (χ2n) is 6.15. The lowest BCUT2D eigenvalue weighted by atomic mass is 10.2. The highest BCUT2D eigenvalue weighted by Crippen LogP contribution is 2.30. The minimum Gasteiger partial charge on any atom is -0.507 e. The van der Waals surface area contributed by atoms with E-state index in [1.807, 2.05) is 6.07 Å². The molecule has 0 saturated heterocycles. The first-order valence-corrected chi connectivity index (χ1v) is 10.3. The molecule has 9 nitrogen and oxygen atoms in total. The van der Waals surface area contributed by atoms with Crippen LogP contribution in [0.25, 0.3) is 0 Å². The van der Waals surface area contributed by atoms with Gasteiger partial charge in [0, 0.05) is 18.7 Å². The number of carboxylic acids is 1. The topological polar surface area (TPSA) is 138 Å². The van der Waals surface area contributed by atoms with Crippen molar-refractivity contribution in [2.24, 2.45) is 0 Å². The molecular weight excluding hydrogens is 410 g/mol. The molecule has 156 valence electrons. The minimum atomic E-state index is -4.01. The van der Waals surface area contributed by atoms with E-state index < -0.39 is 21.7 Å². The third-order valence-corrected chi connectivity index (χ3v) is 5.33. The number of pyridine rings is 1. The van der Waals surface area contributed by atoms with Crippen molar-refractivity contribution in [3.8, 4) is 17.4 Å². The molecule has 3 aromatic rings. The van der Waals surface area contributed by atoms with E-state index in [1.54, 1.807) is 36.4 Å². The van der Waals surface area contributed by atoms with Gasteiger partial charge in [0.15, 0.2) is 0 Å². The number of nitrogens with zero attached hydrogens (tertiary/aromatic N) is 1. The number of ether oxygens (including phenoxy) is 1. The predicted octanol–water partition coefficient (Wildman–Crippen LogP) is 2.55. The van der Waals surface area contributed by atoms with Crippen LogP contribution in [0.4, 0.5) is 5.82 Å². The predicted molar refractivity (Wildman–Crippen MR) is 109 cm³/mol. The van der Waals surface area contributed by atoms with Crippen LogP contribution >= 0.6 is 0 Å². The molecule has 0 aliphatic carbocycles. The van der Waals surface area contributed by atoms with Gasteiger partial charge in [-0.2, -0.15) is 4.98 Å². The third-order valence-electron chi connectivity index (χ3n) is 3.90. The first-order valence-electron chi connectivity index (χ1n) is 8.81. The van der Waals surface area contributed by atoms with Crippen LogP contribution in [0.1, 0.15) is 5.56 Å². The monoisotopic (exact) mass is 429 g/mol. The molecule has 10 heteroatoms. The number of hydrogen-bond donors (Lipinski definition) is 4. The SMILES string of the molecule is O=C(O)CNc1cccc(Oc2ccc(O)c(S(=O)(=O)NCc3ccccc3)c2)n1. The molecule has 0 fully saturated rings. The molecule has 3 rings (SSSR count). The summed E-state index contributed by atoms with van der Waals surface area (Å²) in [6.45, 7) is -0.252. The van der Waals surface area contributed by atoms with Crippen LogP contribution in [0, 0.1) is 0 Å². The molecule has 0 spiro atoms. The number of aliphatic carboxylic acids is 1. The van der Waals surface area contributed by atoms with Crippen LogP contribution in [-0.4, -0.2) is 36.1 Å². The van der Waals surface area contributed by atoms with E-state index in [0.29, 0.717) is 0 Å². The van der Waals surface area contributed by atoms with Crippen LogP contribution in [-0.2, 0) is 21.4 Å². The molecule has 0 saturated carbocycles. The highest BCUT2D eigenvalue weighted by Gasteiger charge is 2.20. The van der Waals surface area contributed by atoms with Crippen molar-refractivity contribution >= 4 is 21.8 Å². The molecule has 1 heterocycles. The summed E-state index contributed by atoms with van der Waals surface area (Å²) in [7, 11) is -4.01. The second-order valence-corrected chi connectivity index (χ2v) is 7.89. The van der Waals surface area contributed by atoms with Crippen molar-refractivity contribution in [3.05, 3.63) is 72.3 Å². The molecule has 0 unspecified atom stereocenters. The van der Waals surface area contributed by atoms with Crippen LogP contribution in [0.2, 0.25) is 0 Å². The number of carboxylic acid groups (broad SMARTS) is 1. The average molecular weight is 429 g/mol. The van der Waals surface area contributed by atoms with Gasteiger partial charge in [-0.05, 0) is 23.8 Å². The molecule has 0 amide bonds. The summed E-state index contributed by atoms with van der Waals surface area (Å²) in [5.74, 6) is -0.925. The van der Waals surface area contributed by atoms with Crippen LogP contribution < -0.4 is 14.8 Å². The molecule has 4 N–H and O–H groups in total. The lowest BCUT2D eigenvalue weighted by Crippen LogP contribution is -2.23. The van der Waals surface area contributed by atoms with Crippen molar-refractivity contribution < 1.29 is 28.2 Å². The Morgan fingerprint density at radius 1 is 1.03 bits per heavy atom. The van der Waals surface area contributed by atoms with Crippen molar-refractivity contribution in [3.63, 3.8) is 0 Å². The number of carbonyl (C=O) groups is 1. The first kappa shape index (κ1) is 21.1. The van der Waals surface area contributed by atoms with Gasteiger partial charge in [0.05, 0.1) is 0 Å². The summed E-state index contributed by atoms with van der Waals surface area (Å²) in [4.78, 5) is 14.4. The number of aromatic nitrogens is 1. The van der Waals surface area contributed by atoms with Crippen molar-refractivity contribution in [1.82, 2.24) is 9.71 Å². The number of phenols is 1. The summed E-state index contributed by atoms with van der Waals surface area (Å²) in [5.41, 5.74) is 0.767. The molecule has 1 aromatic heterocycles. The van der Waals surface area contributed by atoms with Crippen molar-refractivity contribution in [2.45, 2.75) is 11.4 Å². The summed E-state index contributed by atoms with van der Waals surface area (Å²) < 4.78 is 33.3. The number of sulfonamides is 1. The Morgan fingerprint density at radius 3 is 2.53 bits per heavy atom. The normalized spacial score (nSPS) is 11.1. The van der Waals surface area contributed by atoms with Gasteiger partial charge in [-0.25, -0.2) is 13.1 Å². The van der Waals surface area contributed by atoms with Crippen LogP contribution in [0.3, 0.4) is 0 Å². The van der Waals surface area contributed by atoms with E-state index in [-0.39, 0.29) is 35.4 Å². The van der Waals surface area contributed by atoms with E-state index >= 15 is 0 Å². The standard InChI is InChI=1S/C20H19N3O6S/c24-16-10-9-15(29-19-8-4-7-18(23-19)21-13-20(25)26)11-17(16)30(27,28)22-12-14-5-2-1-3-6-14/h1-11,22,24H,12-13H2,(H,21,23)(H,25,26). The fraction of sp³-hybridized carbons (Fsp3) is 0.100. The van der Waals surface area contributed by atoms with E-state index in [9.17, 15) is 18.3 Å². The highest BCUT2D eigenvalue weighted by molar-refractivity contribution is 7.89. The molecular formula is C20H19N3O6S. The third kappa shape index (κ3) is 5.69. The zero-order chi connectivity index (χ0) is 21.6. The van der Waals surface area contributed by atoms with Gasteiger partial charge in [0.25, 0.3) is 0 Å². The van der Waals surface area contributed by atoms with Gasteiger partial charge in [-0.15, -0.1) is 0 Å². The van der Waals surface area contributed by atoms with Gasteiger partial charge in [-0.3, -0.25) is 4.79 Å². The van der Waals surface area contributed by atoms with E-state index in [1.165, 1.54) is 24.3 Å². The maximum atomic E-state index is 12.6. The number of nitrogens with one attached hydrogen (secondary N) is 2. The quantitative estimate of drug-likeness (QED) is 0.407. The Labute approximate surface area is 173 Å². The molecule has 0 bridgehead atoms. The van der Waals surface area contributed by atoms with Crippen molar-refractivity contribution in [1.29, 1.82) is 0 Å². The van der Waals surface area contributed by atoms with Crippen molar-refractivity contribution in [2.75, 3.05) is 11.9 Å². The molecule has 0 radical (unpaired) electrons. The van der Waals surface area contributed by atoms with Gasteiger partial charge >= 0.3 is 5.97 Å². The number of benzene rings is 2. The molecule has 0 atom stereocenters. The summed E-state index contributed by atoms with van der Waals surface area (Å²) in [5, 5.41) is 21.4. The zero-order valence-corrected chi connectivity index (χ0v) is 16.5. The van der Waals surface area contributed by atoms with Gasteiger partial charge in [-0.1, -0.05) is 36.4 Å². The average Bonchev–Trinajstić information content (AvgIpc) is 2.73. The minimum absolute atomic E-state index is 0.0620. The van der Waals surface area contributed by atoms with Crippen LogP contribution in [0.5, 0.6) is 17.4 Å². The molecule has 2 aromatic carbocycles. The second kappa shape index (κ2) is 9.25. The number of anilines is 1. The number of hydrogen-bond acceptors (Lipinski definition) is 7. The number of aromatic hydroxyl groups is 1. The Hall–Kier alpha value is -3.63. The Kier molecular flexibility index (Phi) is 6.50. The summed E-state index contributed by atoms with van der Waals surface area (Å²) in [6, 6.07) is 17.4. The van der Waals surface area contributed by atoms with E-state index in [0.717, 1.165) is 5.56 Å². The Bertz CT molecular complexity index is 1140. The summed E-state index contributed by atoms with van der Waals surface area (Å²) in [6.07, 6.45) is 0. The molecule has 30 heavy (non-hydrogen) atoms. The summed E-state index contributed by atoms with van der Waals surface area (Å²) >= 11 is 0. The maximum Gasteiger partial charge on any atom is 0.322 e.